The Kier molecular flexibility index (Phi) is 3.85. The minimum absolute atomic E-state index is 0.164. The highest BCUT2D eigenvalue weighted by atomic mass is 19.1. The number of anilines is 3. The molecule has 1 aliphatic heterocycles. The summed E-state index contributed by atoms with van der Waals surface area (Å²) in [7, 11) is 1.82. The predicted molar refractivity (Wildman–Crippen MR) is 82.4 cm³/mol. The maximum absolute atomic E-state index is 13.8. The summed E-state index contributed by atoms with van der Waals surface area (Å²) in [5.41, 5.74) is 0.673. The molecule has 6 heteroatoms. The fourth-order valence-electron chi connectivity index (χ4n) is 2.51. The van der Waals surface area contributed by atoms with Crippen LogP contribution >= 0.6 is 0 Å². The molecule has 1 saturated heterocycles. The van der Waals surface area contributed by atoms with Gasteiger partial charge in [0.05, 0.1) is 18.1 Å². The van der Waals surface area contributed by atoms with Crippen molar-refractivity contribution >= 4 is 17.3 Å². The van der Waals surface area contributed by atoms with Gasteiger partial charge in [0.25, 0.3) is 0 Å². The number of hydrogen-bond acceptors (Lipinski definition) is 5. The van der Waals surface area contributed by atoms with Crippen molar-refractivity contribution in [2.75, 3.05) is 48.3 Å². The van der Waals surface area contributed by atoms with E-state index < -0.39 is 0 Å². The Morgan fingerprint density at radius 3 is 2.48 bits per heavy atom. The van der Waals surface area contributed by atoms with Gasteiger partial charge in [-0.15, -0.1) is 0 Å². The van der Waals surface area contributed by atoms with E-state index in [2.05, 4.69) is 25.1 Å². The van der Waals surface area contributed by atoms with E-state index in [1.165, 1.54) is 6.07 Å². The molecule has 1 aromatic carbocycles. The monoisotopic (exact) mass is 287 g/mol. The molecule has 21 heavy (non-hydrogen) atoms. The first kappa shape index (κ1) is 13.6. The van der Waals surface area contributed by atoms with Crippen LogP contribution in [0.3, 0.4) is 0 Å². The topological polar surface area (TPSA) is 44.3 Å². The van der Waals surface area contributed by atoms with E-state index in [9.17, 15) is 4.39 Å². The number of nitrogens with one attached hydrogen (secondary N) is 1. The highest BCUT2D eigenvalue weighted by molar-refractivity contribution is 5.51. The third-order valence-electron chi connectivity index (χ3n) is 3.67. The lowest BCUT2D eigenvalue weighted by Gasteiger charge is -2.36. The van der Waals surface area contributed by atoms with Crippen LogP contribution in [0.2, 0.25) is 0 Å². The maximum atomic E-state index is 13.8. The normalized spacial score (nSPS) is 15.1. The van der Waals surface area contributed by atoms with E-state index in [0.717, 1.165) is 37.8 Å². The van der Waals surface area contributed by atoms with Crippen LogP contribution in [0.25, 0.3) is 0 Å². The second-order valence-corrected chi connectivity index (χ2v) is 4.94. The molecule has 0 atom stereocenters. The molecule has 0 bridgehead atoms. The number of para-hydroxylation sites is 1. The van der Waals surface area contributed by atoms with Gasteiger partial charge in [-0.3, -0.25) is 4.98 Å². The lowest BCUT2D eigenvalue weighted by molar-refractivity contribution is 0.596. The predicted octanol–water partition coefficient (Wildman–Crippen LogP) is 1.98. The summed E-state index contributed by atoms with van der Waals surface area (Å²) in [6, 6.07) is 6.91. The number of aromatic nitrogens is 2. The zero-order chi connectivity index (χ0) is 14.7. The Balaban J connectivity index is 1.69. The van der Waals surface area contributed by atoms with Gasteiger partial charge in [0, 0.05) is 33.2 Å². The van der Waals surface area contributed by atoms with E-state index >= 15 is 0 Å². The fourth-order valence-corrected chi connectivity index (χ4v) is 2.51. The Bertz CT molecular complexity index is 611. The van der Waals surface area contributed by atoms with Gasteiger partial charge in [0.15, 0.2) is 0 Å². The van der Waals surface area contributed by atoms with Crippen molar-refractivity contribution in [3.05, 3.63) is 42.5 Å². The average Bonchev–Trinajstić information content (AvgIpc) is 2.56. The Morgan fingerprint density at radius 1 is 1.05 bits per heavy atom. The maximum Gasteiger partial charge on any atom is 0.149 e. The van der Waals surface area contributed by atoms with Gasteiger partial charge in [-0.25, -0.2) is 9.37 Å². The van der Waals surface area contributed by atoms with E-state index in [4.69, 9.17) is 0 Å². The molecular weight excluding hydrogens is 269 g/mol. The van der Waals surface area contributed by atoms with Crippen molar-refractivity contribution in [3.63, 3.8) is 0 Å². The van der Waals surface area contributed by atoms with Crippen LogP contribution in [0.5, 0.6) is 0 Å². The Labute approximate surface area is 123 Å². The van der Waals surface area contributed by atoms with Crippen LogP contribution < -0.4 is 15.1 Å². The highest BCUT2D eigenvalue weighted by Crippen LogP contribution is 2.22. The van der Waals surface area contributed by atoms with Crippen molar-refractivity contribution in [3.8, 4) is 0 Å². The summed E-state index contributed by atoms with van der Waals surface area (Å²) in [5, 5.41) is 2.99. The summed E-state index contributed by atoms with van der Waals surface area (Å²) in [5.74, 6) is 1.45. The van der Waals surface area contributed by atoms with Crippen LogP contribution in [0.1, 0.15) is 0 Å². The molecule has 1 aromatic heterocycles. The number of piperazine rings is 1. The van der Waals surface area contributed by atoms with Crippen LogP contribution in [-0.4, -0.2) is 43.2 Å². The first-order valence-corrected chi connectivity index (χ1v) is 7.02. The number of hydrogen-bond donors (Lipinski definition) is 1. The second kappa shape index (κ2) is 5.95. The van der Waals surface area contributed by atoms with Gasteiger partial charge >= 0.3 is 0 Å². The zero-order valence-corrected chi connectivity index (χ0v) is 12.0. The molecule has 110 valence electrons. The van der Waals surface area contributed by atoms with Crippen molar-refractivity contribution < 1.29 is 4.39 Å². The zero-order valence-electron chi connectivity index (χ0n) is 12.0. The number of nitrogens with zero attached hydrogens (tertiary/aromatic N) is 4. The SMILES string of the molecule is CNc1cncc(N2CCN(c3ccccc3F)CC2)n1. The molecule has 1 fully saturated rings. The standard InChI is InChI=1S/C15H18FN5/c1-17-14-10-18-11-15(19-14)21-8-6-20(7-9-21)13-5-3-2-4-12(13)16/h2-5,10-11H,6-9H2,1H3,(H,17,19). The average molecular weight is 287 g/mol. The fraction of sp³-hybridized carbons (Fsp3) is 0.333. The molecule has 0 saturated carbocycles. The lowest BCUT2D eigenvalue weighted by atomic mass is 10.2. The van der Waals surface area contributed by atoms with Crippen LogP contribution in [0, 0.1) is 5.82 Å². The van der Waals surface area contributed by atoms with E-state index in [0.29, 0.717) is 5.69 Å². The molecule has 0 radical (unpaired) electrons. The first-order chi connectivity index (χ1) is 10.3. The molecule has 0 aliphatic carbocycles. The van der Waals surface area contributed by atoms with Crippen LogP contribution in [0.4, 0.5) is 21.7 Å². The molecule has 2 heterocycles. The molecule has 1 N–H and O–H groups in total. The molecule has 3 rings (SSSR count). The lowest BCUT2D eigenvalue weighted by Crippen LogP contribution is -2.47. The van der Waals surface area contributed by atoms with Crippen molar-refractivity contribution in [2.24, 2.45) is 0 Å². The van der Waals surface area contributed by atoms with Gasteiger partial charge in [-0.1, -0.05) is 12.1 Å². The number of halogens is 1. The van der Waals surface area contributed by atoms with Crippen molar-refractivity contribution in [1.82, 2.24) is 9.97 Å². The molecule has 0 unspecified atom stereocenters. The third-order valence-corrected chi connectivity index (χ3v) is 3.67. The van der Waals surface area contributed by atoms with Crippen molar-refractivity contribution in [1.29, 1.82) is 0 Å². The van der Waals surface area contributed by atoms with E-state index in [-0.39, 0.29) is 5.82 Å². The summed E-state index contributed by atoms with van der Waals surface area (Å²) in [6.07, 6.45) is 3.46. The van der Waals surface area contributed by atoms with Crippen molar-refractivity contribution in [2.45, 2.75) is 0 Å². The summed E-state index contributed by atoms with van der Waals surface area (Å²) in [4.78, 5) is 12.9. The summed E-state index contributed by atoms with van der Waals surface area (Å²) >= 11 is 0. The molecular formula is C15H18FN5. The van der Waals surface area contributed by atoms with Gasteiger partial charge in [0.2, 0.25) is 0 Å². The van der Waals surface area contributed by atoms with E-state index in [1.807, 2.05) is 19.2 Å². The van der Waals surface area contributed by atoms with Crippen LogP contribution in [-0.2, 0) is 0 Å². The van der Waals surface area contributed by atoms with Gasteiger partial charge < -0.3 is 15.1 Å². The second-order valence-electron chi connectivity index (χ2n) is 4.94. The highest BCUT2D eigenvalue weighted by Gasteiger charge is 2.20. The molecule has 0 spiro atoms. The minimum atomic E-state index is -0.164. The van der Waals surface area contributed by atoms with Gasteiger partial charge in [0.1, 0.15) is 17.5 Å². The largest absolute Gasteiger partial charge is 0.372 e. The number of benzene rings is 1. The number of rotatable bonds is 3. The Morgan fingerprint density at radius 2 is 1.76 bits per heavy atom. The smallest absolute Gasteiger partial charge is 0.149 e. The Hall–Kier alpha value is -2.37. The molecule has 1 aliphatic rings. The first-order valence-electron chi connectivity index (χ1n) is 7.02. The van der Waals surface area contributed by atoms with E-state index in [1.54, 1.807) is 18.5 Å². The quantitative estimate of drug-likeness (QED) is 0.935. The summed E-state index contributed by atoms with van der Waals surface area (Å²) in [6.45, 7) is 3.14. The molecule has 0 amide bonds. The molecule has 5 nitrogen and oxygen atoms in total. The van der Waals surface area contributed by atoms with Gasteiger partial charge in [-0.05, 0) is 12.1 Å². The minimum Gasteiger partial charge on any atom is -0.372 e. The van der Waals surface area contributed by atoms with Crippen LogP contribution in [0.15, 0.2) is 36.7 Å². The third kappa shape index (κ3) is 2.89. The van der Waals surface area contributed by atoms with Gasteiger partial charge in [-0.2, -0.15) is 0 Å². The summed E-state index contributed by atoms with van der Waals surface area (Å²) < 4.78 is 13.8. The molecule has 2 aromatic rings.